The highest BCUT2D eigenvalue weighted by Gasteiger charge is 2.32. The van der Waals surface area contributed by atoms with Crippen LogP contribution in [0.5, 0.6) is 0 Å². The highest BCUT2D eigenvalue weighted by Crippen LogP contribution is 2.26. The van der Waals surface area contributed by atoms with E-state index in [2.05, 4.69) is 4.90 Å². The zero-order valence-corrected chi connectivity index (χ0v) is 14.4. The van der Waals surface area contributed by atoms with Crippen molar-refractivity contribution in [2.75, 3.05) is 53.0 Å². The third-order valence-electron chi connectivity index (χ3n) is 5.41. The van der Waals surface area contributed by atoms with Crippen LogP contribution in [-0.2, 0) is 23.8 Å². The van der Waals surface area contributed by atoms with Crippen molar-refractivity contribution in [1.29, 1.82) is 0 Å². The largest absolute Gasteiger partial charge is 0.469 e. The van der Waals surface area contributed by atoms with E-state index >= 15 is 0 Å². The molecule has 0 radical (unpaired) electrons. The van der Waals surface area contributed by atoms with Gasteiger partial charge in [-0.15, -0.1) is 0 Å². The highest BCUT2D eigenvalue weighted by molar-refractivity contribution is 5.79. The van der Waals surface area contributed by atoms with Gasteiger partial charge in [-0.25, -0.2) is 0 Å². The van der Waals surface area contributed by atoms with Crippen LogP contribution in [0.1, 0.15) is 25.7 Å². The Balaban J connectivity index is 1.38. The number of ether oxygens (including phenoxy) is 3. The predicted molar refractivity (Wildman–Crippen MR) is 86.2 cm³/mol. The molecule has 0 spiro atoms. The van der Waals surface area contributed by atoms with Crippen LogP contribution < -0.4 is 0 Å². The molecule has 3 rings (SSSR count). The van der Waals surface area contributed by atoms with Gasteiger partial charge in [-0.3, -0.25) is 14.5 Å². The molecule has 24 heavy (non-hydrogen) atoms. The quantitative estimate of drug-likeness (QED) is 0.694. The van der Waals surface area contributed by atoms with Gasteiger partial charge in [-0.2, -0.15) is 0 Å². The van der Waals surface area contributed by atoms with Gasteiger partial charge in [-0.1, -0.05) is 0 Å². The molecule has 0 saturated carbocycles. The Morgan fingerprint density at radius 1 is 1.00 bits per heavy atom. The fourth-order valence-corrected chi connectivity index (χ4v) is 3.85. The molecule has 0 unspecified atom stereocenters. The minimum atomic E-state index is -0.152. The molecule has 3 saturated heterocycles. The van der Waals surface area contributed by atoms with E-state index in [1.54, 1.807) is 0 Å². The molecule has 0 bridgehead atoms. The van der Waals surface area contributed by atoms with Crippen LogP contribution in [0.2, 0.25) is 0 Å². The van der Waals surface area contributed by atoms with Gasteiger partial charge in [-0.05, 0) is 38.8 Å². The number of esters is 1. The molecule has 136 valence electrons. The second kappa shape index (κ2) is 8.27. The van der Waals surface area contributed by atoms with Crippen LogP contribution in [-0.4, -0.2) is 81.0 Å². The first-order chi connectivity index (χ1) is 11.7. The van der Waals surface area contributed by atoms with Gasteiger partial charge in [0.25, 0.3) is 0 Å². The number of carbonyl (C=O) groups is 2. The Hall–Kier alpha value is -1.18. The van der Waals surface area contributed by atoms with E-state index < -0.39 is 0 Å². The Kier molecular flexibility index (Phi) is 6.08. The Morgan fingerprint density at radius 3 is 2.21 bits per heavy atom. The van der Waals surface area contributed by atoms with Crippen molar-refractivity contribution in [3.05, 3.63) is 0 Å². The van der Waals surface area contributed by atoms with Crippen molar-refractivity contribution in [3.63, 3.8) is 0 Å². The summed E-state index contributed by atoms with van der Waals surface area (Å²) in [6, 6.07) is 0. The number of likely N-dealkylation sites (tertiary alicyclic amines) is 2. The predicted octanol–water partition coefficient (Wildman–Crippen LogP) is 0.483. The standard InChI is InChI=1S/C17H28N2O5/c1-22-16(21)13-4-8-19(9-5-13)15(20)12-18-6-2-14(3-7-18)17-23-10-11-24-17/h13-14,17H,2-12H2,1H3. The normalized spacial score (nSPS) is 25.1. The van der Waals surface area contributed by atoms with E-state index in [0.29, 0.717) is 51.6 Å². The summed E-state index contributed by atoms with van der Waals surface area (Å²) in [6.07, 6.45) is 3.40. The maximum Gasteiger partial charge on any atom is 0.308 e. The lowest BCUT2D eigenvalue weighted by Gasteiger charge is -2.36. The fraction of sp³-hybridized carbons (Fsp3) is 0.882. The van der Waals surface area contributed by atoms with Gasteiger partial charge in [0.2, 0.25) is 5.91 Å². The van der Waals surface area contributed by atoms with Crippen LogP contribution in [0, 0.1) is 11.8 Å². The molecule has 0 aliphatic carbocycles. The minimum Gasteiger partial charge on any atom is -0.469 e. The average molecular weight is 340 g/mol. The summed E-state index contributed by atoms with van der Waals surface area (Å²) in [5.74, 6) is 0.418. The van der Waals surface area contributed by atoms with Crippen LogP contribution in [0.25, 0.3) is 0 Å². The van der Waals surface area contributed by atoms with E-state index in [1.807, 2.05) is 4.90 Å². The van der Waals surface area contributed by atoms with Crippen molar-refractivity contribution < 1.29 is 23.8 Å². The number of hydrogen-bond donors (Lipinski definition) is 0. The first kappa shape index (κ1) is 17.6. The van der Waals surface area contributed by atoms with Crippen LogP contribution in [0.15, 0.2) is 0 Å². The van der Waals surface area contributed by atoms with Crippen molar-refractivity contribution in [3.8, 4) is 0 Å². The molecule has 1 amide bonds. The van der Waals surface area contributed by atoms with E-state index in [4.69, 9.17) is 14.2 Å². The Labute approximate surface area is 143 Å². The number of carbonyl (C=O) groups excluding carboxylic acids is 2. The van der Waals surface area contributed by atoms with Gasteiger partial charge in [0.1, 0.15) is 0 Å². The lowest BCUT2D eigenvalue weighted by Crippen LogP contribution is -2.47. The Bertz CT molecular complexity index is 436. The summed E-state index contributed by atoms with van der Waals surface area (Å²) in [5.41, 5.74) is 0. The van der Waals surface area contributed by atoms with Gasteiger partial charge >= 0.3 is 5.97 Å². The van der Waals surface area contributed by atoms with Crippen molar-refractivity contribution in [1.82, 2.24) is 9.80 Å². The number of rotatable bonds is 4. The summed E-state index contributed by atoms with van der Waals surface area (Å²) >= 11 is 0. The average Bonchev–Trinajstić information content (AvgIpc) is 3.16. The zero-order valence-electron chi connectivity index (χ0n) is 14.4. The summed E-state index contributed by atoms with van der Waals surface area (Å²) < 4.78 is 16.0. The maximum absolute atomic E-state index is 12.5. The maximum atomic E-state index is 12.5. The number of piperidine rings is 2. The molecular formula is C17H28N2O5. The molecule has 3 aliphatic heterocycles. The zero-order chi connectivity index (χ0) is 16.9. The van der Waals surface area contributed by atoms with E-state index in [0.717, 1.165) is 25.9 Å². The number of hydrogen-bond acceptors (Lipinski definition) is 6. The Morgan fingerprint density at radius 2 is 1.62 bits per heavy atom. The van der Waals surface area contributed by atoms with Crippen molar-refractivity contribution in [2.45, 2.75) is 32.0 Å². The molecule has 3 aliphatic rings. The van der Waals surface area contributed by atoms with Gasteiger partial charge in [0, 0.05) is 19.0 Å². The SMILES string of the molecule is COC(=O)C1CCN(C(=O)CN2CCC(C3OCCO3)CC2)CC1. The monoisotopic (exact) mass is 340 g/mol. The lowest BCUT2D eigenvalue weighted by atomic mass is 9.95. The third kappa shape index (κ3) is 4.26. The van der Waals surface area contributed by atoms with Crippen molar-refractivity contribution in [2.24, 2.45) is 11.8 Å². The molecule has 7 heteroatoms. The molecule has 3 heterocycles. The number of nitrogens with zero attached hydrogens (tertiary/aromatic N) is 2. The van der Waals surface area contributed by atoms with E-state index in [-0.39, 0.29) is 24.1 Å². The molecule has 0 atom stereocenters. The summed E-state index contributed by atoms with van der Waals surface area (Å²) in [6.45, 7) is 5.01. The summed E-state index contributed by atoms with van der Waals surface area (Å²) in [4.78, 5) is 28.1. The summed E-state index contributed by atoms with van der Waals surface area (Å²) in [5, 5.41) is 0. The fourth-order valence-electron chi connectivity index (χ4n) is 3.85. The van der Waals surface area contributed by atoms with Gasteiger partial charge < -0.3 is 19.1 Å². The molecule has 0 aromatic rings. The topological polar surface area (TPSA) is 68.3 Å². The minimum absolute atomic E-state index is 0.0415. The first-order valence-corrected chi connectivity index (χ1v) is 8.98. The molecule has 7 nitrogen and oxygen atoms in total. The smallest absolute Gasteiger partial charge is 0.308 e. The molecular weight excluding hydrogens is 312 g/mol. The number of methoxy groups -OCH3 is 1. The molecule has 0 aromatic carbocycles. The van der Waals surface area contributed by atoms with Gasteiger partial charge in [0.05, 0.1) is 32.8 Å². The number of amides is 1. The molecule has 0 aromatic heterocycles. The second-order valence-electron chi connectivity index (χ2n) is 6.90. The van der Waals surface area contributed by atoms with Gasteiger partial charge in [0.15, 0.2) is 6.29 Å². The second-order valence-corrected chi connectivity index (χ2v) is 6.90. The molecule has 3 fully saturated rings. The van der Waals surface area contributed by atoms with Crippen LogP contribution in [0.4, 0.5) is 0 Å². The van der Waals surface area contributed by atoms with Crippen LogP contribution in [0.3, 0.4) is 0 Å². The van der Waals surface area contributed by atoms with Crippen LogP contribution >= 0.6 is 0 Å². The van der Waals surface area contributed by atoms with E-state index in [9.17, 15) is 9.59 Å². The summed E-state index contributed by atoms with van der Waals surface area (Å²) in [7, 11) is 1.42. The third-order valence-corrected chi connectivity index (χ3v) is 5.41. The highest BCUT2D eigenvalue weighted by atomic mass is 16.7. The molecule has 0 N–H and O–H groups in total. The first-order valence-electron chi connectivity index (χ1n) is 8.98. The van der Waals surface area contributed by atoms with Crippen molar-refractivity contribution >= 4 is 11.9 Å². The van der Waals surface area contributed by atoms with E-state index in [1.165, 1.54) is 7.11 Å². The lowest BCUT2D eigenvalue weighted by molar-refractivity contribution is -0.149.